The van der Waals surface area contributed by atoms with Crippen molar-refractivity contribution < 1.29 is 9.90 Å². The topological polar surface area (TPSA) is 43.8 Å². The van der Waals surface area contributed by atoms with E-state index >= 15 is 0 Å². The van der Waals surface area contributed by atoms with Gasteiger partial charge in [0, 0.05) is 32.6 Å². The highest BCUT2D eigenvalue weighted by molar-refractivity contribution is 5.78. The number of benzene rings is 1. The SMILES string of the molecule is CC(C)(O)CCc1ccc(CN2CCC[C@@H](CN3CCCC3=O)C2)cc1. The fourth-order valence-electron chi connectivity index (χ4n) is 4.17. The molecule has 1 N–H and O–H groups in total. The zero-order valence-electron chi connectivity index (χ0n) is 16.4. The predicted octanol–water partition coefficient (Wildman–Crippen LogP) is 3.22. The Morgan fingerprint density at radius 2 is 1.85 bits per heavy atom. The molecule has 26 heavy (non-hydrogen) atoms. The van der Waals surface area contributed by atoms with Gasteiger partial charge in [0.2, 0.25) is 5.91 Å². The second-order valence-electron chi connectivity index (χ2n) is 8.82. The molecule has 2 aliphatic rings. The summed E-state index contributed by atoms with van der Waals surface area (Å²) in [5.41, 5.74) is 2.05. The van der Waals surface area contributed by atoms with Crippen LogP contribution < -0.4 is 0 Å². The van der Waals surface area contributed by atoms with Crippen molar-refractivity contribution in [3.05, 3.63) is 35.4 Å². The molecule has 0 spiro atoms. The number of aliphatic hydroxyl groups is 1. The van der Waals surface area contributed by atoms with Gasteiger partial charge in [0.05, 0.1) is 5.60 Å². The van der Waals surface area contributed by atoms with E-state index in [1.54, 1.807) is 0 Å². The number of likely N-dealkylation sites (tertiary alicyclic amines) is 2. The van der Waals surface area contributed by atoms with E-state index in [1.807, 2.05) is 13.8 Å². The summed E-state index contributed by atoms with van der Waals surface area (Å²) in [5.74, 6) is 0.973. The van der Waals surface area contributed by atoms with Gasteiger partial charge in [0.25, 0.3) is 0 Å². The summed E-state index contributed by atoms with van der Waals surface area (Å²) in [6.45, 7) is 8.89. The van der Waals surface area contributed by atoms with Crippen molar-refractivity contribution in [2.75, 3.05) is 26.2 Å². The molecule has 2 aliphatic heterocycles. The summed E-state index contributed by atoms with van der Waals surface area (Å²) in [4.78, 5) is 16.5. The smallest absolute Gasteiger partial charge is 0.222 e. The summed E-state index contributed by atoms with van der Waals surface area (Å²) >= 11 is 0. The number of hydrogen-bond donors (Lipinski definition) is 1. The minimum absolute atomic E-state index is 0.351. The van der Waals surface area contributed by atoms with Crippen LogP contribution in [0.2, 0.25) is 0 Å². The van der Waals surface area contributed by atoms with E-state index in [4.69, 9.17) is 0 Å². The maximum absolute atomic E-state index is 11.9. The molecular formula is C22H34N2O2. The summed E-state index contributed by atoms with van der Waals surface area (Å²) < 4.78 is 0. The molecular weight excluding hydrogens is 324 g/mol. The second-order valence-corrected chi connectivity index (χ2v) is 8.82. The lowest BCUT2D eigenvalue weighted by atomic mass is 9.96. The number of hydrogen-bond acceptors (Lipinski definition) is 3. The van der Waals surface area contributed by atoms with Gasteiger partial charge in [-0.3, -0.25) is 9.69 Å². The average Bonchev–Trinajstić information content (AvgIpc) is 2.99. The van der Waals surface area contributed by atoms with Crippen LogP contribution in [0.3, 0.4) is 0 Å². The van der Waals surface area contributed by atoms with Gasteiger partial charge in [0.1, 0.15) is 0 Å². The van der Waals surface area contributed by atoms with Crippen LogP contribution in [-0.4, -0.2) is 52.6 Å². The van der Waals surface area contributed by atoms with Crippen LogP contribution >= 0.6 is 0 Å². The molecule has 1 aromatic rings. The summed E-state index contributed by atoms with van der Waals surface area (Å²) in [5, 5.41) is 9.86. The quantitative estimate of drug-likeness (QED) is 0.814. The lowest BCUT2D eigenvalue weighted by Crippen LogP contribution is -2.41. The van der Waals surface area contributed by atoms with E-state index < -0.39 is 5.60 Å². The molecule has 1 aromatic carbocycles. The van der Waals surface area contributed by atoms with Crippen molar-refractivity contribution in [3.63, 3.8) is 0 Å². The average molecular weight is 359 g/mol. The van der Waals surface area contributed by atoms with Crippen molar-refractivity contribution in [1.82, 2.24) is 9.80 Å². The number of amides is 1. The number of aryl methyl sites for hydroxylation is 1. The molecule has 4 heteroatoms. The molecule has 0 aliphatic carbocycles. The highest BCUT2D eigenvalue weighted by Gasteiger charge is 2.26. The molecule has 2 saturated heterocycles. The number of carbonyl (C=O) groups is 1. The molecule has 1 amide bonds. The Balaban J connectivity index is 1.48. The van der Waals surface area contributed by atoms with Gasteiger partial charge in [0.15, 0.2) is 0 Å². The molecule has 2 heterocycles. The highest BCUT2D eigenvalue weighted by Crippen LogP contribution is 2.22. The number of rotatable bonds is 7. The maximum Gasteiger partial charge on any atom is 0.222 e. The van der Waals surface area contributed by atoms with Gasteiger partial charge in [-0.05, 0) is 69.5 Å². The van der Waals surface area contributed by atoms with Crippen molar-refractivity contribution in [3.8, 4) is 0 Å². The number of nitrogens with zero attached hydrogens (tertiary/aromatic N) is 2. The molecule has 3 rings (SSSR count). The van der Waals surface area contributed by atoms with E-state index in [2.05, 4.69) is 34.1 Å². The summed E-state index contributed by atoms with van der Waals surface area (Å²) in [6, 6.07) is 8.86. The second kappa shape index (κ2) is 8.53. The van der Waals surface area contributed by atoms with Gasteiger partial charge >= 0.3 is 0 Å². The minimum atomic E-state index is -0.599. The Labute approximate surface area is 158 Å². The maximum atomic E-state index is 11.9. The predicted molar refractivity (Wildman–Crippen MR) is 105 cm³/mol. The van der Waals surface area contributed by atoms with Gasteiger partial charge in [-0.15, -0.1) is 0 Å². The molecule has 0 bridgehead atoms. The van der Waals surface area contributed by atoms with Crippen LogP contribution in [0.4, 0.5) is 0 Å². The first-order valence-corrected chi connectivity index (χ1v) is 10.2. The Hall–Kier alpha value is -1.39. The Kier molecular flexibility index (Phi) is 6.36. The Bertz CT molecular complexity index is 591. The van der Waals surface area contributed by atoms with Crippen LogP contribution in [-0.2, 0) is 17.8 Å². The third-order valence-corrected chi connectivity index (χ3v) is 5.71. The van der Waals surface area contributed by atoms with Crippen molar-refractivity contribution in [2.24, 2.45) is 5.92 Å². The molecule has 1 atom stereocenters. The van der Waals surface area contributed by atoms with Crippen molar-refractivity contribution in [2.45, 2.75) is 64.5 Å². The molecule has 0 aromatic heterocycles. The minimum Gasteiger partial charge on any atom is -0.390 e. The molecule has 2 fully saturated rings. The van der Waals surface area contributed by atoms with E-state index in [9.17, 15) is 9.90 Å². The number of carbonyl (C=O) groups excluding carboxylic acids is 1. The molecule has 4 nitrogen and oxygen atoms in total. The molecule has 144 valence electrons. The van der Waals surface area contributed by atoms with Gasteiger partial charge in [-0.2, -0.15) is 0 Å². The normalized spacial score (nSPS) is 22.2. The van der Waals surface area contributed by atoms with Gasteiger partial charge in [-0.1, -0.05) is 24.3 Å². The van der Waals surface area contributed by atoms with Crippen molar-refractivity contribution in [1.29, 1.82) is 0 Å². The lowest BCUT2D eigenvalue weighted by molar-refractivity contribution is -0.128. The zero-order chi connectivity index (χ0) is 18.6. The Morgan fingerprint density at radius 1 is 1.12 bits per heavy atom. The van der Waals surface area contributed by atoms with Gasteiger partial charge < -0.3 is 10.0 Å². The molecule has 0 unspecified atom stereocenters. The third-order valence-electron chi connectivity index (χ3n) is 5.71. The van der Waals surface area contributed by atoms with E-state index in [-0.39, 0.29) is 0 Å². The first kappa shape index (κ1) is 19.4. The first-order valence-electron chi connectivity index (χ1n) is 10.2. The molecule has 0 radical (unpaired) electrons. The lowest BCUT2D eigenvalue weighted by Gasteiger charge is -2.34. The third kappa shape index (κ3) is 5.82. The highest BCUT2D eigenvalue weighted by atomic mass is 16.3. The largest absolute Gasteiger partial charge is 0.390 e. The van der Waals surface area contributed by atoms with Gasteiger partial charge in [-0.25, -0.2) is 0 Å². The Morgan fingerprint density at radius 3 is 2.50 bits per heavy atom. The van der Waals surface area contributed by atoms with Crippen molar-refractivity contribution >= 4 is 5.91 Å². The van der Waals surface area contributed by atoms with Crippen LogP contribution in [0.1, 0.15) is 57.1 Å². The summed E-state index contributed by atoms with van der Waals surface area (Å²) in [7, 11) is 0. The fourth-order valence-corrected chi connectivity index (χ4v) is 4.17. The first-order chi connectivity index (χ1) is 12.4. The van der Waals surface area contributed by atoms with E-state index in [1.165, 1.54) is 24.0 Å². The summed E-state index contributed by atoms with van der Waals surface area (Å²) in [6.07, 6.45) is 5.96. The fraction of sp³-hybridized carbons (Fsp3) is 0.682. The van der Waals surface area contributed by atoms with Crippen LogP contribution in [0.5, 0.6) is 0 Å². The molecule has 0 saturated carbocycles. The monoisotopic (exact) mass is 358 g/mol. The standard InChI is InChI=1S/C22H34N2O2/c1-22(2,26)12-11-18-7-9-19(10-8-18)15-23-13-3-5-20(16-23)17-24-14-4-6-21(24)25/h7-10,20,26H,3-6,11-17H2,1-2H3/t20-/m1/s1. The van der Waals surface area contributed by atoms with E-state index in [0.717, 1.165) is 58.4 Å². The number of piperidine rings is 1. The van der Waals surface area contributed by atoms with E-state index in [0.29, 0.717) is 11.8 Å². The van der Waals surface area contributed by atoms with Crippen LogP contribution in [0.15, 0.2) is 24.3 Å². The van der Waals surface area contributed by atoms with Crippen LogP contribution in [0, 0.1) is 5.92 Å². The van der Waals surface area contributed by atoms with Crippen LogP contribution in [0.25, 0.3) is 0 Å². The zero-order valence-corrected chi connectivity index (χ0v) is 16.4.